The van der Waals surface area contributed by atoms with Crippen LogP contribution >= 0.6 is 0 Å². The minimum absolute atomic E-state index is 0.0744. The zero-order valence-electron chi connectivity index (χ0n) is 26.2. The normalized spacial score (nSPS) is 30.6. The molecule has 1 spiro atoms. The Balaban J connectivity index is 1.54. The maximum Gasteiger partial charge on any atom is 0.250 e. The van der Waals surface area contributed by atoms with E-state index in [4.69, 9.17) is 4.74 Å². The van der Waals surface area contributed by atoms with Crippen LogP contribution in [-0.2, 0) is 19.1 Å². The van der Waals surface area contributed by atoms with E-state index in [1.807, 2.05) is 82.3 Å². The van der Waals surface area contributed by atoms with E-state index in [1.165, 1.54) is 0 Å². The van der Waals surface area contributed by atoms with Gasteiger partial charge in [-0.25, -0.2) is 0 Å². The summed E-state index contributed by atoms with van der Waals surface area (Å²) in [7, 11) is 0. The largest absolute Gasteiger partial charge is 0.394 e. The summed E-state index contributed by atoms with van der Waals surface area (Å²) in [6.45, 7) is 13.6. The fourth-order valence-corrected chi connectivity index (χ4v) is 7.84. The van der Waals surface area contributed by atoms with Crippen molar-refractivity contribution >= 4 is 34.8 Å². The molecule has 3 saturated heterocycles. The van der Waals surface area contributed by atoms with Crippen LogP contribution in [0.1, 0.15) is 54.4 Å². The second kappa shape index (κ2) is 11.9. The number of carbonyl (C=O) groups is 3. The van der Waals surface area contributed by atoms with Gasteiger partial charge in [0.05, 0.1) is 30.1 Å². The summed E-state index contributed by atoms with van der Waals surface area (Å²) in [5.74, 6) is -2.77. The van der Waals surface area contributed by atoms with Crippen molar-refractivity contribution in [2.24, 2.45) is 23.7 Å². The Morgan fingerprint density at radius 1 is 1.02 bits per heavy atom. The molecule has 3 fully saturated rings. The number of carbonyl (C=O) groups excluding carboxylic acids is 3. The number of nitrogens with one attached hydrogen (secondary N) is 2. The van der Waals surface area contributed by atoms with Crippen molar-refractivity contribution in [2.45, 2.75) is 77.7 Å². The number of fused-ring (bicyclic) bond motifs is 1. The van der Waals surface area contributed by atoms with E-state index < -0.39 is 35.1 Å². The van der Waals surface area contributed by atoms with Crippen molar-refractivity contribution in [3.8, 4) is 0 Å². The van der Waals surface area contributed by atoms with Crippen LogP contribution in [0.4, 0.5) is 17.1 Å². The fourth-order valence-electron chi connectivity index (χ4n) is 7.84. The van der Waals surface area contributed by atoms with Crippen LogP contribution in [-0.4, -0.2) is 70.7 Å². The Labute approximate surface area is 255 Å². The zero-order valence-corrected chi connectivity index (χ0v) is 26.2. The van der Waals surface area contributed by atoms with Crippen LogP contribution in [0.3, 0.4) is 0 Å². The highest BCUT2D eigenvalue weighted by Crippen LogP contribution is 2.65. The lowest BCUT2D eigenvalue weighted by molar-refractivity contribution is -0.149. The monoisotopic (exact) mass is 590 g/mol. The van der Waals surface area contributed by atoms with Crippen LogP contribution in [0.15, 0.2) is 54.6 Å². The number of aliphatic hydroxyl groups is 1. The van der Waals surface area contributed by atoms with Gasteiger partial charge in [-0.15, -0.1) is 0 Å². The molecular weight excluding hydrogens is 544 g/mol. The molecule has 232 valence electrons. The van der Waals surface area contributed by atoms with Gasteiger partial charge in [0.1, 0.15) is 11.6 Å². The standard InChI is InChI=1S/C34H46N4O5/c1-7-21(4)26(20-39)38-29(31(41)36-24-15-17-25(18-16-24)37(8-2)9-3)34-19-22(5)33(6,43-34)27(28(34)32(38)42)30(40)35-23-13-11-10-12-14-23/h10-18,21-22,26-29,39H,7-9,19-20H2,1-6H3,(H,35,40)(H,36,41)/t21-,22?,26-,27+,28-,29?,33-,34?/m0/s1. The molecule has 3 aliphatic rings. The van der Waals surface area contributed by atoms with Gasteiger partial charge < -0.3 is 30.3 Å². The first-order valence-electron chi connectivity index (χ1n) is 15.7. The molecule has 3 aliphatic heterocycles. The number of rotatable bonds is 11. The molecule has 0 aliphatic carbocycles. The van der Waals surface area contributed by atoms with Gasteiger partial charge in [0.25, 0.3) is 0 Å². The third kappa shape index (κ3) is 5.00. The Kier molecular flexibility index (Phi) is 8.60. The summed E-state index contributed by atoms with van der Waals surface area (Å²) < 4.78 is 6.84. The maximum absolute atomic E-state index is 14.5. The lowest BCUT2D eigenvalue weighted by atomic mass is 9.62. The number of hydrogen-bond acceptors (Lipinski definition) is 6. The molecule has 3 unspecified atom stereocenters. The molecule has 2 aromatic carbocycles. The van der Waals surface area contributed by atoms with Crippen LogP contribution in [0.25, 0.3) is 0 Å². The summed E-state index contributed by atoms with van der Waals surface area (Å²) in [5, 5.41) is 16.6. The number of benzene rings is 2. The number of amides is 3. The van der Waals surface area contributed by atoms with Crippen molar-refractivity contribution in [1.29, 1.82) is 0 Å². The van der Waals surface area contributed by atoms with Gasteiger partial charge in [0, 0.05) is 30.2 Å². The van der Waals surface area contributed by atoms with E-state index in [0.717, 1.165) is 18.8 Å². The molecule has 0 saturated carbocycles. The van der Waals surface area contributed by atoms with Crippen molar-refractivity contribution < 1.29 is 24.2 Å². The van der Waals surface area contributed by atoms with Crippen molar-refractivity contribution in [3.05, 3.63) is 54.6 Å². The summed E-state index contributed by atoms with van der Waals surface area (Å²) >= 11 is 0. The lowest BCUT2D eigenvalue weighted by Crippen LogP contribution is -2.57. The zero-order chi connectivity index (χ0) is 31.1. The number of anilines is 3. The molecule has 9 nitrogen and oxygen atoms in total. The molecule has 0 aromatic heterocycles. The smallest absolute Gasteiger partial charge is 0.250 e. The Morgan fingerprint density at radius 3 is 2.21 bits per heavy atom. The van der Waals surface area contributed by atoms with Gasteiger partial charge in [0.2, 0.25) is 17.7 Å². The molecule has 0 radical (unpaired) electrons. The number of para-hydroxylation sites is 1. The molecule has 5 rings (SSSR count). The molecule has 43 heavy (non-hydrogen) atoms. The third-order valence-corrected chi connectivity index (χ3v) is 10.4. The quantitative estimate of drug-likeness (QED) is 0.355. The number of likely N-dealkylation sites (tertiary alicyclic amines) is 1. The highest BCUT2D eigenvalue weighted by Gasteiger charge is 2.80. The first kappa shape index (κ1) is 31.0. The van der Waals surface area contributed by atoms with Crippen LogP contribution < -0.4 is 15.5 Å². The lowest BCUT2D eigenvalue weighted by Gasteiger charge is -2.39. The summed E-state index contributed by atoms with van der Waals surface area (Å²) in [4.78, 5) is 46.6. The Morgan fingerprint density at radius 2 is 1.63 bits per heavy atom. The number of aliphatic hydroxyl groups excluding tert-OH is 1. The van der Waals surface area contributed by atoms with E-state index in [0.29, 0.717) is 24.2 Å². The van der Waals surface area contributed by atoms with E-state index in [2.05, 4.69) is 29.4 Å². The third-order valence-electron chi connectivity index (χ3n) is 10.4. The van der Waals surface area contributed by atoms with Gasteiger partial charge in [-0.2, -0.15) is 0 Å². The van der Waals surface area contributed by atoms with Gasteiger partial charge in [-0.3, -0.25) is 14.4 Å². The molecule has 9 heteroatoms. The van der Waals surface area contributed by atoms with E-state index >= 15 is 0 Å². The highest BCUT2D eigenvalue weighted by molar-refractivity contribution is 6.05. The molecule has 3 amide bonds. The minimum Gasteiger partial charge on any atom is -0.394 e. The number of nitrogens with zero attached hydrogens (tertiary/aromatic N) is 2. The number of hydrogen-bond donors (Lipinski definition) is 3. The molecule has 2 bridgehead atoms. The average Bonchev–Trinajstić information content (AvgIpc) is 3.52. The van der Waals surface area contributed by atoms with E-state index in [1.54, 1.807) is 4.90 Å². The Bertz CT molecular complexity index is 1330. The summed E-state index contributed by atoms with van der Waals surface area (Å²) in [6, 6.07) is 15.3. The van der Waals surface area contributed by atoms with E-state index in [-0.39, 0.29) is 36.2 Å². The average molecular weight is 591 g/mol. The van der Waals surface area contributed by atoms with E-state index in [9.17, 15) is 19.5 Å². The van der Waals surface area contributed by atoms with Gasteiger partial charge in [0.15, 0.2) is 0 Å². The minimum atomic E-state index is -1.20. The fraction of sp³-hybridized carbons (Fsp3) is 0.559. The molecule has 8 atom stereocenters. The van der Waals surface area contributed by atoms with Gasteiger partial charge in [-0.05, 0) is 75.4 Å². The Hall–Kier alpha value is -3.43. The predicted molar refractivity (Wildman–Crippen MR) is 168 cm³/mol. The van der Waals surface area contributed by atoms with Gasteiger partial charge >= 0.3 is 0 Å². The van der Waals surface area contributed by atoms with Crippen LogP contribution in [0.5, 0.6) is 0 Å². The van der Waals surface area contributed by atoms with Crippen molar-refractivity contribution in [3.63, 3.8) is 0 Å². The first-order chi connectivity index (χ1) is 20.6. The first-order valence-corrected chi connectivity index (χ1v) is 15.7. The molecule has 2 aromatic rings. The molecular formula is C34H46N4O5. The number of ether oxygens (including phenoxy) is 1. The van der Waals surface area contributed by atoms with Gasteiger partial charge in [-0.1, -0.05) is 45.4 Å². The maximum atomic E-state index is 14.5. The summed E-state index contributed by atoms with van der Waals surface area (Å²) in [6.07, 6.45) is 1.17. The van der Waals surface area contributed by atoms with Crippen molar-refractivity contribution in [2.75, 3.05) is 35.2 Å². The second-order valence-corrected chi connectivity index (χ2v) is 12.6. The topological polar surface area (TPSA) is 111 Å². The predicted octanol–water partition coefficient (Wildman–Crippen LogP) is 4.53. The second-order valence-electron chi connectivity index (χ2n) is 12.6. The SMILES string of the molecule is CC[C@H](C)[C@H](CO)N1C(=O)[C@@H]2[C@H](C(=O)Nc3ccccc3)[C@@]3(C)OC2(CC3C)C1C(=O)Nc1ccc(N(CC)CC)cc1. The molecule has 3 N–H and O–H groups in total. The summed E-state index contributed by atoms with van der Waals surface area (Å²) in [5.41, 5.74) is 0.180. The van der Waals surface area contributed by atoms with Crippen molar-refractivity contribution in [1.82, 2.24) is 4.90 Å². The van der Waals surface area contributed by atoms with Crippen LogP contribution in [0, 0.1) is 23.7 Å². The highest BCUT2D eigenvalue weighted by atomic mass is 16.5. The van der Waals surface area contributed by atoms with Crippen LogP contribution in [0.2, 0.25) is 0 Å². The molecule has 3 heterocycles.